The Morgan fingerprint density at radius 2 is 2.08 bits per heavy atom. The maximum absolute atomic E-state index is 12.8. The van der Waals surface area contributed by atoms with Gasteiger partial charge in [0.2, 0.25) is 0 Å². The van der Waals surface area contributed by atoms with Crippen LogP contribution in [-0.2, 0) is 11.2 Å². The number of aryl methyl sites for hydroxylation is 1. The van der Waals surface area contributed by atoms with Gasteiger partial charge in [-0.1, -0.05) is 12.1 Å². The van der Waals surface area contributed by atoms with Crippen LogP contribution in [0.2, 0.25) is 0 Å². The Bertz CT molecular complexity index is 650. The summed E-state index contributed by atoms with van der Waals surface area (Å²) in [7, 11) is 0. The lowest BCUT2D eigenvalue weighted by Crippen LogP contribution is -2.52. The standard InChI is InChI=1S/C19H26N2O4/c1-18(2,24)10-8-14-4-6-15(7-5-14)16(22)21-11-3-9-19(13-21)12-20-17(23)25-19/h4-7,24H,3,8-13H2,1-2H3,(H,20,23)/t19-/m1/s1. The van der Waals surface area contributed by atoms with Crippen LogP contribution in [0.5, 0.6) is 0 Å². The van der Waals surface area contributed by atoms with Crippen LogP contribution in [0.3, 0.4) is 0 Å². The number of alkyl carbamates (subject to hydrolysis) is 1. The molecule has 0 aliphatic carbocycles. The summed E-state index contributed by atoms with van der Waals surface area (Å²) < 4.78 is 5.42. The van der Waals surface area contributed by atoms with Crippen molar-refractivity contribution in [1.82, 2.24) is 10.2 Å². The molecule has 1 aromatic carbocycles. The van der Waals surface area contributed by atoms with E-state index >= 15 is 0 Å². The number of nitrogens with one attached hydrogen (secondary N) is 1. The SMILES string of the molecule is CC(C)(O)CCc1ccc(C(=O)N2CCC[C@@]3(CNC(=O)O3)C2)cc1. The molecule has 2 amide bonds. The molecule has 0 aromatic heterocycles. The molecule has 1 spiro atoms. The summed E-state index contributed by atoms with van der Waals surface area (Å²) in [5.41, 5.74) is 0.477. The van der Waals surface area contributed by atoms with E-state index in [9.17, 15) is 14.7 Å². The van der Waals surface area contributed by atoms with Crippen LogP contribution < -0.4 is 5.32 Å². The van der Waals surface area contributed by atoms with Gasteiger partial charge >= 0.3 is 6.09 Å². The molecular formula is C19H26N2O4. The van der Waals surface area contributed by atoms with Gasteiger partial charge in [0, 0.05) is 12.1 Å². The Morgan fingerprint density at radius 1 is 1.36 bits per heavy atom. The van der Waals surface area contributed by atoms with Crippen molar-refractivity contribution < 1.29 is 19.4 Å². The Labute approximate surface area is 148 Å². The average Bonchev–Trinajstić information content (AvgIpc) is 2.92. The zero-order chi connectivity index (χ0) is 18.1. The summed E-state index contributed by atoms with van der Waals surface area (Å²) in [6.07, 6.45) is 2.65. The van der Waals surface area contributed by atoms with Crippen molar-refractivity contribution in [1.29, 1.82) is 0 Å². The highest BCUT2D eigenvalue weighted by Crippen LogP contribution is 2.29. The minimum atomic E-state index is -0.691. The number of ether oxygens (including phenoxy) is 1. The van der Waals surface area contributed by atoms with E-state index in [0.29, 0.717) is 31.6 Å². The number of rotatable bonds is 4. The molecule has 2 heterocycles. The predicted octanol–water partition coefficient (Wildman–Crippen LogP) is 2.10. The second-order valence-electron chi connectivity index (χ2n) is 7.77. The largest absolute Gasteiger partial charge is 0.439 e. The van der Waals surface area contributed by atoms with Crippen molar-refractivity contribution in [2.24, 2.45) is 0 Å². The molecule has 25 heavy (non-hydrogen) atoms. The second kappa shape index (κ2) is 6.67. The third kappa shape index (κ3) is 4.31. The van der Waals surface area contributed by atoms with E-state index in [0.717, 1.165) is 24.8 Å². The van der Waals surface area contributed by atoms with Crippen LogP contribution in [0.25, 0.3) is 0 Å². The first kappa shape index (κ1) is 17.7. The molecule has 2 fully saturated rings. The molecule has 2 aliphatic heterocycles. The third-order valence-corrected chi connectivity index (χ3v) is 4.92. The molecular weight excluding hydrogens is 320 g/mol. The van der Waals surface area contributed by atoms with Crippen LogP contribution in [0.1, 0.15) is 49.0 Å². The molecule has 0 bridgehead atoms. The highest BCUT2D eigenvalue weighted by molar-refractivity contribution is 5.94. The first-order valence-corrected chi connectivity index (χ1v) is 8.84. The smallest absolute Gasteiger partial charge is 0.407 e. The summed E-state index contributed by atoms with van der Waals surface area (Å²) >= 11 is 0. The Balaban J connectivity index is 1.63. The maximum atomic E-state index is 12.8. The van der Waals surface area contributed by atoms with Gasteiger partial charge in [0.25, 0.3) is 5.91 Å². The minimum absolute atomic E-state index is 0.0314. The Hall–Kier alpha value is -2.08. The predicted molar refractivity (Wildman–Crippen MR) is 93.4 cm³/mol. The monoisotopic (exact) mass is 346 g/mol. The van der Waals surface area contributed by atoms with Gasteiger partial charge in [-0.05, 0) is 57.2 Å². The van der Waals surface area contributed by atoms with Crippen molar-refractivity contribution in [3.63, 3.8) is 0 Å². The van der Waals surface area contributed by atoms with Gasteiger partial charge < -0.3 is 20.1 Å². The second-order valence-corrected chi connectivity index (χ2v) is 7.77. The van der Waals surface area contributed by atoms with E-state index in [1.807, 2.05) is 24.3 Å². The molecule has 2 saturated heterocycles. The summed E-state index contributed by atoms with van der Waals surface area (Å²) in [6, 6.07) is 7.55. The van der Waals surface area contributed by atoms with Crippen molar-refractivity contribution in [2.45, 2.75) is 50.7 Å². The average molecular weight is 346 g/mol. The number of nitrogens with zero attached hydrogens (tertiary/aromatic N) is 1. The Kier molecular flexibility index (Phi) is 4.73. The molecule has 1 atom stereocenters. The molecule has 0 unspecified atom stereocenters. The minimum Gasteiger partial charge on any atom is -0.439 e. The van der Waals surface area contributed by atoms with Crippen LogP contribution in [0.15, 0.2) is 24.3 Å². The lowest BCUT2D eigenvalue weighted by Gasteiger charge is -2.38. The number of benzene rings is 1. The van der Waals surface area contributed by atoms with Crippen LogP contribution in [0, 0.1) is 0 Å². The van der Waals surface area contributed by atoms with Gasteiger partial charge in [0.1, 0.15) is 5.60 Å². The molecule has 1 aromatic rings. The molecule has 6 heteroatoms. The fourth-order valence-corrected chi connectivity index (χ4v) is 3.45. The molecule has 0 radical (unpaired) electrons. The number of likely N-dealkylation sites (tertiary alicyclic amines) is 1. The van der Waals surface area contributed by atoms with E-state index in [1.54, 1.807) is 18.7 Å². The molecule has 6 nitrogen and oxygen atoms in total. The first-order valence-electron chi connectivity index (χ1n) is 8.84. The van der Waals surface area contributed by atoms with Gasteiger partial charge in [-0.25, -0.2) is 4.79 Å². The van der Waals surface area contributed by atoms with E-state index in [-0.39, 0.29) is 5.91 Å². The molecule has 2 aliphatic rings. The van der Waals surface area contributed by atoms with Gasteiger partial charge in [0.05, 0.1) is 18.7 Å². The molecule has 0 saturated carbocycles. The van der Waals surface area contributed by atoms with E-state index in [1.165, 1.54) is 0 Å². The number of carbonyl (C=O) groups is 2. The quantitative estimate of drug-likeness (QED) is 0.875. The topological polar surface area (TPSA) is 78.9 Å². The highest BCUT2D eigenvalue weighted by atomic mass is 16.6. The number of aliphatic hydroxyl groups is 1. The number of piperidine rings is 1. The fourth-order valence-electron chi connectivity index (χ4n) is 3.45. The number of amides is 2. The maximum Gasteiger partial charge on any atom is 0.407 e. The van der Waals surface area contributed by atoms with Crippen LogP contribution in [0.4, 0.5) is 4.79 Å². The summed E-state index contributed by atoms with van der Waals surface area (Å²) in [5.74, 6) is -0.0314. The van der Waals surface area contributed by atoms with E-state index in [4.69, 9.17) is 4.74 Å². The molecule has 3 rings (SSSR count). The lowest BCUT2D eigenvalue weighted by atomic mass is 9.92. The van der Waals surface area contributed by atoms with Crippen LogP contribution >= 0.6 is 0 Å². The third-order valence-electron chi connectivity index (χ3n) is 4.92. The molecule has 2 N–H and O–H groups in total. The molecule has 136 valence electrons. The van der Waals surface area contributed by atoms with Crippen molar-refractivity contribution in [2.75, 3.05) is 19.6 Å². The zero-order valence-corrected chi connectivity index (χ0v) is 14.9. The van der Waals surface area contributed by atoms with Crippen molar-refractivity contribution in [3.05, 3.63) is 35.4 Å². The van der Waals surface area contributed by atoms with Crippen molar-refractivity contribution in [3.8, 4) is 0 Å². The number of carbonyl (C=O) groups excluding carboxylic acids is 2. The van der Waals surface area contributed by atoms with E-state index in [2.05, 4.69) is 5.32 Å². The van der Waals surface area contributed by atoms with Crippen LogP contribution in [-0.4, -0.2) is 52.8 Å². The van der Waals surface area contributed by atoms with Gasteiger partial charge in [-0.2, -0.15) is 0 Å². The van der Waals surface area contributed by atoms with Gasteiger partial charge in [-0.15, -0.1) is 0 Å². The summed E-state index contributed by atoms with van der Waals surface area (Å²) in [5, 5.41) is 12.5. The first-order chi connectivity index (χ1) is 11.8. The van der Waals surface area contributed by atoms with Gasteiger partial charge in [0.15, 0.2) is 0 Å². The fraction of sp³-hybridized carbons (Fsp3) is 0.579. The Morgan fingerprint density at radius 3 is 2.68 bits per heavy atom. The zero-order valence-electron chi connectivity index (χ0n) is 14.9. The summed E-state index contributed by atoms with van der Waals surface area (Å²) in [4.78, 5) is 25.9. The van der Waals surface area contributed by atoms with Crippen molar-refractivity contribution >= 4 is 12.0 Å². The van der Waals surface area contributed by atoms with Gasteiger partial charge in [-0.3, -0.25) is 4.79 Å². The summed E-state index contributed by atoms with van der Waals surface area (Å²) in [6.45, 7) is 5.17. The lowest BCUT2D eigenvalue weighted by molar-refractivity contribution is -0.00503. The normalized spacial score (nSPS) is 23.5. The van der Waals surface area contributed by atoms with E-state index < -0.39 is 17.3 Å². The highest BCUT2D eigenvalue weighted by Gasteiger charge is 2.44. The number of hydrogen-bond donors (Lipinski definition) is 2. The number of hydrogen-bond acceptors (Lipinski definition) is 4.